The lowest BCUT2D eigenvalue weighted by Gasteiger charge is -2.11. The number of aromatic nitrogens is 2. The lowest BCUT2D eigenvalue weighted by molar-refractivity contribution is 0.475. The Morgan fingerprint density at radius 1 is 1.23 bits per heavy atom. The molecule has 0 fully saturated rings. The zero-order valence-electron chi connectivity index (χ0n) is 11.9. The van der Waals surface area contributed by atoms with Gasteiger partial charge in [-0.1, -0.05) is 11.6 Å². The van der Waals surface area contributed by atoms with Crippen LogP contribution < -0.4 is 10.0 Å². The Balaban J connectivity index is 2.23. The largest absolute Gasteiger partial charge is 0.504 e. The molecule has 2 heterocycles. The molecule has 3 N–H and O–H groups in total. The number of nitrogens with one attached hydrogen (secondary N) is 2. The average Bonchev–Trinajstić information content (AvgIpc) is 2.42. The van der Waals surface area contributed by atoms with Gasteiger partial charge in [-0.25, -0.2) is 18.4 Å². The second-order valence-corrected chi connectivity index (χ2v) is 6.92. The van der Waals surface area contributed by atoms with Gasteiger partial charge in [0.15, 0.2) is 11.6 Å². The first-order valence-electron chi connectivity index (χ1n) is 6.38. The molecule has 22 heavy (non-hydrogen) atoms. The second kappa shape index (κ2) is 6.37. The summed E-state index contributed by atoms with van der Waals surface area (Å²) in [6.45, 7) is 3.89. The number of aromatic hydroxyl groups is 1. The maximum Gasteiger partial charge on any atom is 0.264 e. The maximum absolute atomic E-state index is 12.2. The van der Waals surface area contributed by atoms with Gasteiger partial charge in [-0.05, 0) is 26.0 Å². The molecule has 9 heteroatoms. The van der Waals surface area contributed by atoms with Gasteiger partial charge in [0.25, 0.3) is 10.0 Å². The summed E-state index contributed by atoms with van der Waals surface area (Å²) >= 11 is 5.65. The second-order valence-electron chi connectivity index (χ2n) is 4.80. The van der Waals surface area contributed by atoms with Crippen molar-refractivity contribution in [3.05, 3.63) is 35.6 Å². The van der Waals surface area contributed by atoms with E-state index in [-0.39, 0.29) is 27.5 Å². The third-order valence-corrected chi connectivity index (χ3v) is 4.08. The van der Waals surface area contributed by atoms with Crippen LogP contribution in [0.25, 0.3) is 0 Å². The molecule has 0 saturated heterocycles. The molecule has 0 radical (unpaired) electrons. The number of hydrogen-bond acceptors (Lipinski definition) is 6. The van der Waals surface area contributed by atoms with Gasteiger partial charge in [-0.3, -0.25) is 4.72 Å². The van der Waals surface area contributed by atoms with Crippen LogP contribution in [0.3, 0.4) is 0 Å². The predicted octanol–water partition coefficient (Wildman–Crippen LogP) is 2.46. The van der Waals surface area contributed by atoms with Crippen LogP contribution >= 0.6 is 11.6 Å². The van der Waals surface area contributed by atoms with Crippen LogP contribution in [-0.2, 0) is 10.0 Å². The molecule has 0 bridgehead atoms. The number of rotatable bonds is 5. The third-order valence-electron chi connectivity index (χ3n) is 2.55. The van der Waals surface area contributed by atoms with Gasteiger partial charge in [0, 0.05) is 24.5 Å². The van der Waals surface area contributed by atoms with Gasteiger partial charge < -0.3 is 10.4 Å². The summed E-state index contributed by atoms with van der Waals surface area (Å²) in [7, 11) is -3.90. The molecule has 0 aliphatic heterocycles. The Morgan fingerprint density at radius 2 is 1.95 bits per heavy atom. The highest BCUT2D eigenvalue weighted by Crippen LogP contribution is 2.26. The highest BCUT2D eigenvalue weighted by Gasteiger charge is 2.17. The predicted molar refractivity (Wildman–Crippen MR) is 84.7 cm³/mol. The van der Waals surface area contributed by atoms with Gasteiger partial charge in [-0.15, -0.1) is 0 Å². The van der Waals surface area contributed by atoms with E-state index in [4.69, 9.17) is 11.6 Å². The summed E-state index contributed by atoms with van der Waals surface area (Å²) < 4.78 is 26.6. The van der Waals surface area contributed by atoms with Gasteiger partial charge in [-0.2, -0.15) is 0 Å². The van der Waals surface area contributed by atoms with Crippen molar-refractivity contribution < 1.29 is 13.5 Å². The lowest BCUT2D eigenvalue weighted by atomic mass is 10.4. The van der Waals surface area contributed by atoms with Crippen molar-refractivity contribution in [2.75, 3.05) is 10.0 Å². The summed E-state index contributed by atoms with van der Waals surface area (Å²) in [4.78, 5) is 7.73. The van der Waals surface area contributed by atoms with E-state index < -0.39 is 10.0 Å². The molecule has 0 saturated carbocycles. The summed E-state index contributed by atoms with van der Waals surface area (Å²) in [5.74, 6) is 0.0114. The summed E-state index contributed by atoms with van der Waals surface area (Å²) in [5.41, 5.74) is 0. The zero-order valence-corrected chi connectivity index (χ0v) is 13.5. The third kappa shape index (κ3) is 3.99. The van der Waals surface area contributed by atoms with Crippen LogP contribution in [0.4, 0.5) is 11.6 Å². The molecular formula is C13H15ClN4O3S. The quantitative estimate of drug-likeness (QED) is 0.771. The van der Waals surface area contributed by atoms with Crippen LogP contribution in [0.5, 0.6) is 5.75 Å². The highest BCUT2D eigenvalue weighted by atomic mass is 35.5. The Kier molecular flexibility index (Phi) is 4.72. The molecule has 0 amide bonds. The Bertz CT molecular complexity index is 763. The van der Waals surface area contributed by atoms with E-state index in [1.54, 1.807) is 6.07 Å². The fourth-order valence-corrected chi connectivity index (χ4v) is 2.73. The van der Waals surface area contributed by atoms with Crippen LogP contribution in [0.2, 0.25) is 5.02 Å². The summed E-state index contributed by atoms with van der Waals surface area (Å²) in [6.07, 6.45) is 2.45. The van der Waals surface area contributed by atoms with Crippen LogP contribution in [0.1, 0.15) is 13.8 Å². The molecule has 0 aromatic carbocycles. The Morgan fingerprint density at radius 3 is 2.50 bits per heavy atom. The van der Waals surface area contributed by atoms with Crippen molar-refractivity contribution in [1.82, 2.24) is 9.97 Å². The van der Waals surface area contributed by atoms with E-state index in [0.29, 0.717) is 5.82 Å². The van der Waals surface area contributed by atoms with E-state index >= 15 is 0 Å². The number of nitrogens with zero attached hydrogens (tertiary/aromatic N) is 2. The number of sulfonamides is 1. The monoisotopic (exact) mass is 342 g/mol. The van der Waals surface area contributed by atoms with Gasteiger partial charge >= 0.3 is 0 Å². The minimum absolute atomic E-state index is 0.0436. The number of halogens is 1. The standard InChI is InChI=1S/C13H15ClN4O3S/c1-8(2)17-12-4-3-10(7-15-12)22(20,21)18-13-11(19)5-9(14)6-16-13/h3-8,19H,1-2H3,(H,15,17)(H,16,18). The molecule has 7 nitrogen and oxygen atoms in total. The SMILES string of the molecule is CC(C)Nc1ccc(S(=O)(=O)Nc2ncc(Cl)cc2O)cn1. The molecule has 2 rings (SSSR count). The topological polar surface area (TPSA) is 104 Å². The Labute approximate surface area is 133 Å². The minimum atomic E-state index is -3.90. The highest BCUT2D eigenvalue weighted by molar-refractivity contribution is 7.92. The fraction of sp³-hybridized carbons (Fsp3) is 0.231. The van der Waals surface area contributed by atoms with Gasteiger partial charge in [0.05, 0.1) is 5.02 Å². The molecule has 0 aliphatic carbocycles. The van der Waals surface area contributed by atoms with Gasteiger partial charge in [0.1, 0.15) is 10.7 Å². The molecule has 0 spiro atoms. The lowest BCUT2D eigenvalue weighted by Crippen LogP contribution is -2.15. The van der Waals surface area contributed by atoms with Crippen molar-refractivity contribution in [1.29, 1.82) is 0 Å². The van der Waals surface area contributed by atoms with E-state index in [2.05, 4.69) is 20.0 Å². The maximum atomic E-state index is 12.2. The first kappa shape index (κ1) is 16.3. The first-order chi connectivity index (χ1) is 10.3. The summed E-state index contributed by atoms with van der Waals surface area (Å²) in [5, 5.41) is 12.9. The summed E-state index contributed by atoms with van der Waals surface area (Å²) in [6, 6.07) is 4.35. The van der Waals surface area contributed by atoms with Crippen LogP contribution in [0.15, 0.2) is 35.5 Å². The molecular weight excluding hydrogens is 328 g/mol. The van der Waals surface area contributed by atoms with E-state index in [0.717, 1.165) is 0 Å². The van der Waals surface area contributed by atoms with Crippen molar-refractivity contribution in [2.45, 2.75) is 24.8 Å². The van der Waals surface area contributed by atoms with E-state index in [1.807, 2.05) is 13.8 Å². The molecule has 118 valence electrons. The van der Waals surface area contributed by atoms with Crippen molar-refractivity contribution in [3.63, 3.8) is 0 Å². The van der Waals surface area contributed by atoms with Gasteiger partial charge in [0.2, 0.25) is 0 Å². The van der Waals surface area contributed by atoms with Crippen molar-refractivity contribution >= 4 is 33.3 Å². The van der Waals surface area contributed by atoms with Crippen molar-refractivity contribution in [2.24, 2.45) is 0 Å². The molecule has 0 unspecified atom stereocenters. The smallest absolute Gasteiger partial charge is 0.264 e. The molecule has 2 aromatic heterocycles. The first-order valence-corrected chi connectivity index (χ1v) is 8.24. The van der Waals surface area contributed by atoms with Crippen LogP contribution in [0, 0.1) is 0 Å². The van der Waals surface area contributed by atoms with E-state index in [1.165, 1.54) is 24.5 Å². The minimum Gasteiger partial charge on any atom is -0.504 e. The molecule has 0 aliphatic rings. The number of hydrogen-bond donors (Lipinski definition) is 3. The molecule has 2 aromatic rings. The average molecular weight is 343 g/mol. The zero-order chi connectivity index (χ0) is 16.3. The van der Waals surface area contributed by atoms with Crippen LogP contribution in [-0.4, -0.2) is 29.5 Å². The number of pyridine rings is 2. The van der Waals surface area contributed by atoms with Crippen molar-refractivity contribution in [3.8, 4) is 5.75 Å². The number of anilines is 2. The normalized spacial score (nSPS) is 11.5. The fourth-order valence-electron chi connectivity index (χ4n) is 1.61. The van der Waals surface area contributed by atoms with E-state index in [9.17, 15) is 13.5 Å². The Hall–Kier alpha value is -2.06. The molecule has 0 atom stereocenters.